The largest absolute Gasteiger partial charge is 0.481 e. The Morgan fingerprint density at radius 1 is 1.22 bits per heavy atom. The van der Waals surface area contributed by atoms with Gasteiger partial charge >= 0.3 is 5.97 Å². The van der Waals surface area contributed by atoms with Crippen molar-refractivity contribution in [2.45, 2.75) is 32.2 Å². The Balaban J connectivity index is 2.04. The SMILES string of the molecule is CC1CCCC1C(=O)N(C)C1COCC1C(=O)O. The molecule has 2 rings (SSSR count). The minimum Gasteiger partial charge on any atom is -0.481 e. The van der Waals surface area contributed by atoms with Gasteiger partial charge in [0.15, 0.2) is 0 Å². The van der Waals surface area contributed by atoms with Crippen molar-refractivity contribution in [3.63, 3.8) is 0 Å². The van der Waals surface area contributed by atoms with Gasteiger partial charge in [-0.2, -0.15) is 0 Å². The van der Waals surface area contributed by atoms with Gasteiger partial charge in [-0.05, 0) is 18.8 Å². The molecule has 0 aromatic heterocycles. The third-order valence-electron chi connectivity index (χ3n) is 4.39. The van der Waals surface area contributed by atoms with Crippen LogP contribution < -0.4 is 0 Å². The maximum absolute atomic E-state index is 12.4. The second-order valence-corrected chi connectivity index (χ2v) is 5.51. The van der Waals surface area contributed by atoms with E-state index in [0.717, 1.165) is 19.3 Å². The van der Waals surface area contributed by atoms with Crippen LogP contribution in [0.2, 0.25) is 0 Å². The number of carbonyl (C=O) groups excluding carboxylic acids is 1. The first-order valence-electron chi connectivity index (χ1n) is 6.59. The standard InChI is InChI=1S/C13H21NO4/c1-8-4-3-5-9(8)12(15)14(2)11-7-18-6-10(11)13(16)17/h8-11H,3-7H2,1-2H3,(H,16,17). The van der Waals surface area contributed by atoms with E-state index >= 15 is 0 Å². The molecule has 18 heavy (non-hydrogen) atoms. The zero-order valence-corrected chi connectivity index (χ0v) is 11.0. The Bertz CT molecular complexity index is 344. The fraction of sp³-hybridized carbons (Fsp3) is 0.846. The summed E-state index contributed by atoms with van der Waals surface area (Å²) in [7, 11) is 1.71. The second-order valence-electron chi connectivity index (χ2n) is 5.51. The molecule has 0 spiro atoms. The summed E-state index contributed by atoms with van der Waals surface area (Å²) in [6.45, 7) is 2.64. The van der Waals surface area contributed by atoms with E-state index in [1.807, 2.05) is 0 Å². The van der Waals surface area contributed by atoms with Gasteiger partial charge in [0.05, 0.1) is 19.3 Å². The van der Waals surface area contributed by atoms with Crippen molar-refractivity contribution < 1.29 is 19.4 Å². The summed E-state index contributed by atoms with van der Waals surface area (Å²) in [5.74, 6) is -0.912. The van der Waals surface area contributed by atoms with Crippen LogP contribution >= 0.6 is 0 Å². The number of likely N-dealkylation sites (N-methyl/N-ethyl adjacent to an activating group) is 1. The van der Waals surface area contributed by atoms with Crippen LogP contribution in [0.15, 0.2) is 0 Å². The van der Waals surface area contributed by atoms with E-state index in [0.29, 0.717) is 12.5 Å². The number of ether oxygens (including phenoxy) is 1. The lowest BCUT2D eigenvalue weighted by Crippen LogP contribution is -2.46. The number of hydrogen-bond donors (Lipinski definition) is 1. The minimum atomic E-state index is -0.878. The van der Waals surface area contributed by atoms with Crippen LogP contribution in [0.1, 0.15) is 26.2 Å². The molecule has 0 aromatic rings. The maximum atomic E-state index is 12.4. The van der Waals surface area contributed by atoms with Crippen LogP contribution in [0.4, 0.5) is 0 Å². The Hall–Kier alpha value is -1.10. The van der Waals surface area contributed by atoms with Crippen molar-refractivity contribution in [2.24, 2.45) is 17.8 Å². The second kappa shape index (κ2) is 5.26. The van der Waals surface area contributed by atoms with Gasteiger partial charge in [-0.15, -0.1) is 0 Å². The van der Waals surface area contributed by atoms with Gasteiger partial charge in [0.25, 0.3) is 0 Å². The van der Waals surface area contributed by atoms with Gasteiger partial charge in [0, 0.05) is 13.0 Å². The van der Waals surface area contributed by atoms with Crippen LogP contribution in [0, 0.1) is 17.8 Å². The first kappa shape index (κ1) is 13.3. The van der Waals surface area contributed by atoms with Gasteiger partial charge in [-0.3, -0.25) is 9.59 Å². The molecular weight excluding hydrogens is 234 g/mol. The van der Waals surface area contributed by atoms with E-state index in [-0.39, 0.29) is 24.5 Å². The minimum absolute atomic E-state index is 0.0602. The highest BCUT2D eigenvalue weighted by Gasteiger charge is 2.41. The summed E-state index contributed by atoms with van der Waals surface area (Å²) in [4.78, 5) is 25.1. The molecule has 1 amide bonds. The molecule has 5 heteroatoms. The number of amides is 1. The Morgan fingerprint density at radius 2 is 1.94 bits per heavy atom. The zero-order chi connectivity index (χ0) is 13.3. The molecule has 1 N–H and O–H groups in total. The quantitative estimate of drug-likeness (QED) is 0.816. The van der Waals surface area contributed by atoms with Crippen molar-refractivity contribution in [3.05, 3.63) is 0 Å². The Kier molecular flexibility index (Phi) is 3.90. The molecule has 2 aliphatic rings. The van der Waals surface area contributed by atoms with E-state index in [1.54, 1.807) is 11.9 Å². The highest BCUT2D eigenvalue weighted by atomic mass is 16.5. The Labute approximate surface area is 107 Å². The number of rotatable bonds is 3. The average Bonchev–Trinajstić information content (AvgIpc) is 2.95. The number of nitrogens with zero attached hydrogens (tertiary/aromatic N) is 1. The van der Waals surface area contributed by atoms with E-state index in [2.05, 4.69) is 6.92 Å². The monoisotopic (exact) mass is 255 g/mol. The predicted molar refractivity (Wildman–Crippen MR) is 65.0 cm³/mol. The van der Waals surface area contributed by atoms with Crippen molar-refractivity contribution >= 4 is 11.9 Å². The third-order valence-corrected chi connectivity index (χ3v) is 4.39. The summed E-state index contributed by atoms with van der Waals surface area (Å²) in [6, 6.07) is -0.317. The topological polar surface area (TPSA) is 66.8 Å². The molecular formula is C13H21NO4. The van der Waals surface area contributed by atoms with Gasteiger partial charge in [-0.1, -0.05) is 13.3 Å². The fourth-order valence-corrected chi connectivity index (χ4v) is 3.10. The number of carboxylic acids is 1. The van der Waals surface area contributed by atoms with Crippen molar-refractivity contribution in [3.8, 4) is 0 Å². The van der Waals surface area contributed by atoms with Crippen LogP contribution in [0.3, 0.4) is 0 Å². The molecule has 1 aliphatic carbocycles. The number of carbonyl (C=O) groups is 2. The molecule has 1 saturated heterocycles. The molecule has 5 nitrogen and oxygen atoms in total. The smallest absolute Gasteiger partial charge is 0.311 e. The summed E-state index contributed by atoms with van der Waals surface area (Å²) >= 11 is 0. The van der Waals surface area contributed by atoms with Gasteiger partial charge in [-0.25, -0.2) is 0 Å². The fourth-order valence-electron chi connectivity index (χ4n) is 3.10. The average molecular weight is 255 g/mol. The molecule has 4 unspecified atom stereocenters. The summed E-state index contributed by atoms with van der Waals surface area (Å²) in [5, 5.41) is 9.11. The van der Waals surface area contributed by atoms with Crippen LogP contribution in [-0.4, -0.2) is 48.2 Å². The molecule has 102 valence electrons. The highest BCUT2D eigenvalue weighted by molar-refractivity contribution is 5.81. The molecule has 0 radical (unpaired) electrons. The number of carboxylic acid groups (broad SMARTS) is 1. The molecule has 0 bridgehead atoms. The lowest BCUT2D eigenvalue weighted by atomic mass is 9.94. The summed E-state index contributed by atoms with van der Waals surface area (Å²) in [5.41, 5.74) is 0. The normalized spacial score (nSPS) is 35.7. The maximum Gasteiger partial charge on any atom is 0.311 e. The van der Waals surface area contributed by atoms with Gasteiger partial charge < -0.3 is 14.7 Å². The Morgan fingerprint density at radius 3 is 2.50 bits per heavy atom. The van der Waals surface area contributed by atoms with E-state index in [9.17, 15) is 9.59 Å². The third kappa shape index (κ3) is 2.36. The van der Waals surface area contributed by atoms with Crippen molar-refractivity contribution in [1.82, 2.24) is 4.90 Å². The lowest BCUT2D eigenvalue weighted by molar-refractivity contribution is -0.145. The van der Waals surface area contributed by atoms with Gasteiger partial charge in [0.2, 0.25) is 5.91 Å². The van der Waals surface area contributed by atoms with Crippen LogP contribution in [0.5, 0.6) is 0 Å². The van der Waals surface area contributed by atoms with Crippen LogP contribution in [0.25, 0.3) is 0 Å². The molecule has 1 aliphatic heterocycles. The zero-order valence-electron chi connectivity index (χ0n) is 11.0. The first-order chi connectivity index (χ1) is 8.52. The first-order valence-corrected chi connectivity index (χ1v) is 6.59. The van der Waals surface area contributed by atoms with Crippen molar-refractivity contribution in [2.75, 3.05) is 20.3 Å². The van der Waals surface area contributed by atoms with E-state index in [1.165, 1.54) is 0 Å². The van der Waals surface area contributed by atoms with Crippen molar-refractivity contribution in [1.29, 1.82) is 0 Å². The molecule has 0 aromatic carbocycles. The van der Waals surface area contributed by atoms with E-state index < -0.39 is 11.9 Å². The summed E-state index contributed by atoms with van der Waals surface area (Å²) < 4.78 is 5.22. The number of aliphatic carboxylic acids is 1. The predicted octanol–water partition coefficient (Wildman–Crippen LogP) is 0.981. The highest BCUT2D eigenvalue weighted by Crippen LogP contribution is 2.33. The molecule has 1 saturated carbocycles. The number of hydrogen-bond acceptors (Lipinski definition) is 3. The summed E-state index contributed by atoms with van der Waals surface area (Å²) in [6.07, 6.45) is 3.11. The molecule has 2 fully saturated rings. The van der Waals surface area contributed by atoms with Crippen LogP contribution in [-0.2, 0) is 14.3 Å². The van der Waals surface area contributed by atoms with Gasteiger partial charge in [0.1, 0.15) is 5.92 Å². The van der Waals surface area contributed by atoms with E-state index in [4.69, 9.17) is 9.84 Å². The lowest BCUT2D eigenvalue weighted by Gasteiger charge is -2.30. The molecule has 4 atom stereocenters. The molecule has 1 heterocycles.